The molecular weight excluding hydrogens is 354 g/mol. The van der Waals surface area contributed by atoms with Crippen LogP contribution in [0.25, 0.3) is 0 Å². The van der Waals surface area contributed by atoms with Crippen molar-refractivity contribution in [3.63, 3.8) is 0 Å². The van der Waals surface area contributed by atoms with Crippen LogP contribution >= 0.6 is 0 Å². The van der Waals surface area contributed by atoms with E-state index in [1.165, 1.54) is 25.9 Å². The van der Waals surface area contributed by atoms with Gasteiger partial charge in [-0.1, -0.05) is 6.07 Å². The maximum Gasteiger partial charge on any atom is 0.321 e. The van der Waals surface area contributed by atoms with Crippen LogP contribution in [-0.4, -0.2) is 85.5 Å². The second kappa shape index (κ2) is 9.89. The van der Waals surface area contributed by atoms with E-state index < -0.39 is 0 Å². The highest BCUT2D eigenvalue weighted by molar-refractivity contribution is 5.97. The van der Waals surface area contributed by atoms with Gasteiger partial charge in [0.15, 0.2) is 0 Å². The second-order valence-electron chi connectivity index (χ2n) is 7.70. The third-order valence-electron chi connectivity index (χ3n) is 5.67. The summed E-state index contributed by atoms with van der Waals surface area (Å²) in [5, 5.41) is 5.78. The molecule has 0 atom stereocenters. The Morgan fingerprint density at radius 3 is 2.25 bits per heavy atom. The van der Waals surface area contributed by atoms with Crippen LogP contribution in [0.2, 0.25) is 0 Å². The number of likely N-dealkylation sites (tertiary alicyclic amines) is 1. The molecule has 0 aromatic heterocycles. The lowest BCUT2D eigenvalue weighted by atomic mass is 10.1. The number of anilines is 1. The van der Waals surface area contributed by atoms with Crippen molar-refractivity contribution in [2.75, 3.05) is 64.2 Å². The van der Waals surface area contributed by atoms with Crippen molar-refractivity contribution in [2.45, 2.75) is 26.7 Å². The molecule has 0 spiro atoms. The van der Waals surface area contributed by atoms with E-state index in [2.05, 4.69) is 20.4 Å². The normalized spacial score (nSPS) is 18.3. The first-order valence-electron chi connectivity index (χ1n) is 10.5. The molecule has 154 valence electrons. The van der Waals surface area contributed by atoms with Crippen LogP contribution in [0.1, 0.15) is 35.7 Å². The molecule has 0 unspecified atom stereocenters. The minimum Gasteiger partial charge on any atom is -0.352 e. The molecule has 28 heavy (non-hydrogen) atoms. The zero-order valence-electron chi connectivity index (χ0n) is 17.2. The Bertz CT molecular complexity index is 679. The molecule has 0 bridgehead atoms. The third kappa shape index (κ3) is 5.45. The standard InChI is InChI=1S/C21H33N5O2/c1-3-22-20(27)18-7-6-17(2)19(16-18)23-21(28)26-14-12-25(13-15-26)11-10-24-8-4-5-9-24/h6-7,16H,3-5,8-15H2,1-2H3,(H,22,27)(H,23,28). The number of hydrogen-bond donors (Lipinski definition) is 2. The van der Waals surface area contributed by atoms with E-state index >= 15 is 0 Å². The van der Waals surface area contributed by atoms with Gasteiger partial charge in [0.1, 0.15) is 0 Å². The molecule has 2 saturated heterocycles. The summed E-state index contributed by atoms with van der Waals surface area (Å²) in [5.41, 5.74) is 2.21. The van der Waals surface area contributed by atoms with Gasteiger partial charge in [-0.2, -0.15) is 0 Å². The van der Waals surface area contributed by atoms with Gasteiger partial charge in [-0.25, -0.2) is 4.79 Å². The van der Waals surface area contributed by atoms with E-state index in [-0.39, 0.29) is 11.9 Å². The molecule has 2 fully saturated rings. The number of aryl methyl sites for hydroxylation is 1. The molecule has 1 aromatic carbocycles. The Morgan fingerprint density at radius 2 is 1.61 bits per heavy atom. The Labute approximate surface area is 168 Å². The fourth-order valence-electron chi connectivity index (χ4n) is 3.82. The van der Waals surface area contributed by atoms with Crippen molar-refractivity contribution in [3.8, 4) is 0 Å². The smallest absolute Gasteiger partial charge is 0.321 e. The fourth-order valence-corrected chi connectivity index (χ4v) is 3.82. The SMILES string of the molecule is CCNC(=O)c1ccc(C)c(NC(=O)N2CCN(CCN3CCCC3)CC2)c1. The number of nitrogens with one attached hydrogen (secondary N) is 2. The molecule has 0 radical (unpaired) electrons. The van der Waals surface area contributed by atoms with Crippen LogP contribution in [0.15, 0.2) is 18.2 Å². The van der Waals surface area contributed by atoms with Crippen LogP contribution in [0.4, 0.5) is 10.5 Å². The van der Waals surface area contributed by atoms with Crippen LogP contribution in [0.5, 0.6) is 0 Å². The van der Waals surface area contributed by atoms with Crippen LogP contribution in [-0.2, 0) is 0 Å². The molecule has 0 aliphatic carbocycles. The number of piperazine rings is 1. The van der Waals surface area contributed by atoms with Crippen LogP contribution in [0, 0.1) is 6.92 Å². The number of benzene rings is 1. The summed E-state index contributed by atoms with van der Waals surface area (Å²) in [7, 11) is 0. The molecule has 7 nitrogen and oxygen atoms in total. The van der Waals surface area contributed by atoms with Gasteiger partial charge in [-0.3, -0.25) is 9.69 Å². The summed E-state index contributed by atoms with van der Waals surface area (Å²) >= 11 is 0. The predicted octanol–water partition coefficient (Wildman–Crippen LogP) is 1.99. The molecular formula is C21H33N5O2. The summed E-state index contributed by atoms with van der Waals surface area (Å²) in [5.74, 6) is -0.121. The zero-order chi connectivity index (χ0) is 19.9. The first kappa shape index (κ1) is 20.6. The number of hydrogen-bond acceptors (Lipinski definition) is 4. The Kier molecular flexibility index (Phi) is 7.28. The summed E-state index contributed by atoms with van der Waals surface area (Å²) < 4.78 is 0. The van der Waals surface area contributed by atoms with Gasteiger partial charge >= 0.3 is 6.03 Å². The predicted molar refractivity (Wildman–Crippen MR) is 112 cm³/mol. The van der Waals surface area contributed by atoms with E-state index in [0.29, 0.717) is 17.8 Å². The van der Waals surface area contributed by atoms with Crippen molar-refractivity contribution in [2.24, 2.45) is 0 Å². The van der Waals surface area contributed by atoms with E-state index in [4.69, 9.17) is 0 Å². The average Bonchev–Trinajstić information content (AvgIpc) is 3.22. The topological polar surface area (TPSA) is 67.9 Å². The number of rotatable bonds is 6. The Balaban J connectivity index is 1.48. The van der Waals surface area contributed by atoms with Gasteiger partial charge in [-0.05, 0) is 57.5 Å². The molecule has 2 aliphatic rings. The molecule has 3 amide bonds. The number of urea groups is 1. The summed E-state index contributed by atoms with van der Waals surface area (Å²) in [6.07, 6.45) is 2.66. The first-order valence-corrected chi connectivity index (χ1v) is 10.5. The maximum absolute atomic E-state index is 12.7. The van der Waals surface area contributed by atoms with E-state index in [1.807, 2.05) is 24.8 Å². The first-order chi connectivity index (χ1) is 13.6. The fraction of sp³-hybridized carbons (Fsp3) is 0.619. The Morgan fingerprint density at radius 1 is 0.964 bits per heavy atom. The van der Waals surface area contributed by atoms with Crippen molar-refractivity contribution in [1.29, 1.82) is 0 Å². The summed E-state index contributed by atoms with van der Waals surface area (Å²) in [6, 6.07) is 5.33. The van der Waals surface area contributed by atoms with Gasteiger partial charge in [0.25, 0.3) is 5.91 Å². The van der Waals surface area contributed by atoms with E-state index in [1.54, 1.807) is 12.1 Å². The number of nitrogens with zero attached hydrogens (tertiary/aromatic N) is 3. The number of amides is 3. The molecule has 7 heteroatoms. The number of carbonyl (C=O) groups excluding carboxylic acids is 2. The minimum atomic E-state index is -0.121. The average molecular weight is 388 g/mol. The highest BCUT2D eigenvalue weighted by Gasteiger charge is 2.22. The van der Waals surface area contributed by atoms with Gasteiger partial charge in [0.2, 0.25) is 0 Å². The lowest BCUT2D eigenvalue weighted by Crippen LogP contribution is -2.51. The van der Waals surface area contributed by atoms with E-state index in [0.717, 1.165) is 44.8 Å². The van der Waals surface area contributed by atoms with Gasteiger partial charge < -0.3 is 20.4 Å². The monoisotopic (exact) mass is 387 g/mol. The van der Waals surface area contributed by atoms with Crippen LogP contribution < -0.4 is 10.6 Å². The lowest BCUT2D eigenvalue weighted by molar-refractivity contribution is 0.0955. The van der Waals surface area contributed by atoms with Crippen molar-refractivity contribution < 1.29 is 9.59 Å². The quantitative estimate of drug-likeness (QED) is 0.783. The zero-order valence-corrected chi connectivity index (χ0v) is 17.2. The summed E-state index contributed by atoms with van der Waals surface area (Å²) in [4.78, 5) is 31.6. The Hall–Kier alpha value is -2.12. The molecule has 3 rings (SSSR count). The second-order valence-corrected chi connectivity index (χ2v) is 7.70. The highest BCUT2D eigenvalue weighted by atomic mass is 16.2. The molecule has 1 aromatic rings. The van der Waals surface area contributed by atoms with Crippen molar-refractivity contribution in [3.05, 3.63) is 29.3 Å². The lowest BCUT2D eigenvalue weighted by Gasteiger charge is -2.35. The molecule has 2 heterocycles. The number of carbonyl (C=O) groups is 2. The van der Waals surface area contributed by atoms with Crippen molar-refractivity contribution >= 4 is 17.6 Å². The van der Waals surface area contributed by atoms with Gasteiger partial charge in [-0.15, -0.1) is 0 Å². The maximum atomic E-state index is 12.7. The summed E-state index contributed by atoms with van der Waals surface area (Å²) in [6.45, 7) is 12.4. The molecule has 2 N–H and O–H groups in total. The van der Waals surface area contributed by atoms with Crippen molar-refractivity contribution in [1.82, 2.24) is 20.0 Å². The molecule has 0 saturated carbocycles. The highest BCUT2D eigenvalue weighted by Crippen LogP contribution is 2.18. The van der Waals surface area contributed by atoms with Gasteiger partial charge in [0.05, 0.1) is 0 Å². The third-order valence-corrected chi connectivity index (χ3v) is 5.67. The minimum absolute atomic E-state index is 0.0876. The molecule has 2 aliphatic heterocycles. The van der Waals surface area contributed by atoms with Crippen LogP contribution in [0.3, 0.4) is 0 Å². The largest absolute Gasteiger partial charge is 0.352 e. The van der Waals surface area contributed by atoms with E-state index in [9.17, 15) is 9.59 Å². The van der Waals surface area contributed by atoms with Gasteiger partial charge in [0, 0.05) is 57.1 Å².